The Morgan fingerprint density at radius 2 is 0.821 bits per heavy atom. The van der Waals surface area contributed by atoms with E-state index in [1.165, 1.54) is 140 Å². The first-order chi connectivity index (χ1) is 13.9. The lowest BCUT2D eigenvalue weighted by Crippen LogP contribution is -2.31. The van der Waals surface area contributed by atoms with E-state index in [1.54, 1.807) is 0 Å². The lowest BCUT2D eigenvalue weighted by atomic mass is 10.0. The van der Waals surface area contributed by atoms with Crippen molar-refractivity contribution < 1.29 is 4.74 Å². The SMILES string of the molecule is CCCCCCCCCCC[C@@H]1CSC[C@H](CCCCCCCCCCC)O1. The lowest BCUT2D eigenvalue weighted by Gasteiger charge is -2.30. The molecular formula is C26H52OS. The van der Waals surface area contributed by atoms with E-state index in [9.17, 15) is 0 Å². The topological polar surface area (TPSA) is 9.23 Å². The Balaban J connectivity index is 1.88. The second-order valence-corrected chi connectivity index (χ2v) is 10.2. The van der Waals surface area contributed by atoms with E-state index in [-0.39, 0.29) is 0 Å². The molecule has 1 saturated heterocycles. The van der Waals surface area contributed by atoms with Crippen molar-refractivity contribution in [3.05, 3.63) is 0 Å². The molecule has 0 amide bonds. The van der Waals surface area contributed by atoms with Crippen LogP contribution in [-0.2, 0) is 4.74 Å². The van der Waals surface area contributed by atoms with E-state index in [4.69, 9.17) is 4.74 Å². The summed E-state index contributed by atoms with van der Waals surface area (Å²) >= 11 is 2.15. The number of rotatable bonds is 20. The maximum Gasteiger partial charge on any atom is 0.0669 e. The van der Waals surface area contributed by atoms with Crippen molar-refractivity contribution in [2.75, 3.05) is 11.5 Å². The van der Waals surface area contributed by atoms with Crippen LogP contribution in [0.5, 0.6) is 0 Å². The van der Waals surface area contributed by atoms with E-state index >= 15 is 0 Å². The van der Waals surface area contributed by atoms with Crippen LogP contribution in [0, 0.1) is 0 Å². The summed E-state index contributed by atoms with van der Waals surface area (Å²) in [4.78, 5) is 0. The molecule has 0 spiro atoms. The summed E-state index contributed by atoms with van der Waals surface area (Å²) in [6, 6.07) is 0. The van der Waals surface area contributed by atoms with Crippen molar-refractivity contribution >= 4 is 11.8 Å². The maximum atomic E-state index is 6.41. The molecule has 1 aliphatic heterocycles. The molecule has 1 fully saturated rings. The molecule has 1 heterocycles. The normalized spacial score (nSPS) is 19.9. The monoisotopic (exact) mass is 412 g/mol. The molecule has 0 radical (unpaired) electrons. The molecule has 0 bridgehead atoms. The molecular weight excluding hydrogens is 360 g/mol. The van der Waals surface area contributed by atoms with Crippen LogP contribution in [0.15, 0.2) is 0 Å². The first-order valence-corrected chi connectivity index (χ1v) is 14.3. The summed E-state index contributed by atoms with van der Waals surface area (Å²) < 4.78 is 6.41. The van der Waals surface area contributed by atoms with Gasteiger partial charge in [-0.3, -0.25) is 0 Å². The lowest BCUT2D eigenvalue weighted by molar-refractivity contribution is -0.00300. The van der Waals surface area contributed by atoms with Gasteiger partial charge in [-0.2, -0.15) is 11.8 Å². The Kier molecular flexibility index (Phi) is 19.4. The Morgan fingerprint density at radius 1 is 0.500 bits per heavy atom. The molecule has 1 rings (SSSR count). The number of thioether (sulfide) groups is 1. The largest absolute Gasteiger partial charge is 0.373 e. The van der Waals surface area contributed by atoms with Crippen LogP contribution in [0.3, 0.4) is 0 Å². The molecule has 28 heavy (non-hydrogen) atoms. The van der Waals surface area contributed by atoms with Crippen LogP contribution >= 0.6 is 11.8 Å². The van der Waals surface area contributed by atoms with Gasteiger partial charge in [0.1, 0.15) is 0 Å². The molecule has 168 valence electrons. The molecule has 2 heteroatoms. The third-order valence-electron chi connectivity index (χ3n) is 6.25. The van der Waals surface area contributed by atoms with Crippen molar-refractivity contribution in [3.8, 4) is 0 Å². The Bertz CT molecular complexity index is 279. The van der Waals surface area contributed by atoms with E-state index in [1.807, 2.05) is 0 Å². The van der Waals surface area contributed by atoms with Gasteiger partial charge < -0.3 is 4.74 Å². The van der Waals surface area contributed by atoms with Gasteiger partial charge in [-0.05, 0) is 12.8 Å². The van der Waals surface area contributed by atoms with Crippen molar-refractivity contribution in [2.45, 2.75) is 154 Å². The van der Waals surface area contributed by atoms with Crippen LogP contribution in [0.1, 0.15) is 142 Å². The second kappa shape index (κ2) is 20.6. The highest BCUT2D eigenvalue weighted by atomic mass is 32.2. The number of hydrogen-bond acceptors (Lipinski definition) is 2. The first-order valence-electron chi connectivity index (χ1n) is 13.1. The predicted molar refractivity (Wildman–Crippen MR) is 130 cm³/mol. The average Bonchev–Trinajstić information content (AvgIpc) is 2.72. The van der Waals surface area contributed by atoms with Gasteiger partial charge in [0.05, 0.1) is 12.2 Å². The highest BCUT2D eigenvalue weighted by Crippen LogP contribution is 2.25. The number of ether oxygens (including phenoxy) is 1. The van der Waals surface area contributed by atoms with Crippen LogP contribution in [0.4, 0.5) is 0 Å². The zero-order valence-corrected chi connectivity index (χ0v) is 20.3. The van der Waals surface area contributed by atoms with Crippen molar-refractivity contribution in [3.63, 3.8) is 0 Å². The maximum absolute atomic E-state index is 6.41. The van der Waals surface area contributed by atoms with E-state index < -0.39 is 0 Å². The molecule has 0 N–H and O–H groups in total. The summed E-state index contributed by atoms with van der Waals surface area (Å²) in [5.41, 5.74) is 0. The molecule has 0 aromatic rings. The highest BCUT2D eigenvalue weighted by Gasteiger charge is 2.21. The standard InChI is InChI=1S/C26H52OS/c1-3-5-7-9-11-13-15-17-19-21-25-23-28-24-26(27-25)22-20-18-16-14-12-10-8-6-4-2/h25-26H,3-24H2,1-2H3/t25-,26+. The molecule has 0 unspecified atom stereocenters. The van der Waals surface area contributed by atoms with Gasteiger partial charge in [0.25, 0.3) is 0 Å². The van der Waals surface area contributed by atoms with Gasteiger partial charge in [-0.1, -0.05) is 129 Å². The smallest absolute Gasteiger partial charge is 0.0669 e. The third-order valence-corrected chi connectivity index (χ3v) is 7.47. The highest BCUT2D eigenvalue weighted by molar-refractivity contribution is 7.99. The average molecular weight is 413 g/mol. The van der Waals surface area contributed by atoms with Gasteiger partial charge >= 0.3 is 0 Å². The van der Waals surface area contributed by atoms with Crippen LogP contribution in [0.2, 0.25) is 0 Å². The zero-order chi connectivity index (χ0) is 20.1. The zero-order valence-electron chi connectivity index (χ0n) is 19.5. The molecule has 0 aromatic carbocycles. The van der Waals surface area contributed by atoms with Crippen molar-refractivity contribution in [1.29, 1.82) is 0 Å². The van der Waals surface area contributed by atoms with Gasteiger partial charge in [-0.25, -0.2) is 0 Å². The summed E-state index contributed by atoms with van der Waals surface area (Å²) in [6.45, 7) is 4.60. The summed E-state index contributed by atoms with van der Waals surface area (Å²) in [6.07, 6.45) is 29.4. The molecule has 0 saturated carbocycles. The van der Waals surface area contributed by atoms with Gasteiger partial charge in [0, 0.05) is 11.5 Å². The fraction of sp³-hybridized carbons (Fsp3) is 1.00. The molecule has 1 aliphatic rings. The van der Waals surface area contributed by atoms with E-state index in [0.717, 1.165) is 0 Å². The molecule has 0 aromatic heterocycles. The predicted octanol–water partition coefficient (Wildman–Crippen LogP) is 9.33. The van der Waals surface area contributed by atoms with Gasteiger partial charge in [0.2, 0.25) is 0 Å². The summed E-state index contributed by atoms with van der Waals surface area (Å²) in [5.74, 6) is 2.48. The van der Waals surface area contributed by atoms with E-state index in [2.05, 4.69) is 25.6 Å². The van der Waals surface area contributed by atoms with Gasteiger partial charge in [-0.15, -0.1) is 0 Å². The quantitative estimate of drug-likeness (QED) is 0.184. The second-order valence-electron chi connectivity index (χ2n) is 9.15. The minimum atomic E-state index is 0.548. The Labute approximate surface area is 182 Å². The Morgan fingerprint density at radius 3 is 1.18 bits per heavy atom. The fourth-order valence-corrected chi connectivity index (χ4v) is 5.50. The van der Waals surface area contributed by atoms with Crippen LogP contribution in [-0.4, -0.2) is 23.7 Å². The number of unbranched alkanes of at least 4 members (excludes halogenated alkanes) is 16. The third kappa shape index (κ3) is 16.1. The molecule has 1 nitrogen and oxygen atoms in total. The molecule has 0 aliphatic carbocycles. The van der Waals surface area contributed by atoms with Gasteiger partial charge in [0.15, 0.2) is 0 Å². The first kappa shape index (κ1) is 26.3. The minimum absolute atomic E-state index is 0.548. The summed E-state index contributed by atoms with van der Waals surface area (Å²) in [7, 11) is 0. The van der Waals surface area contributed by atoms with Crippen LogP contribution < -0.4 is 0 Å². The number of hydrogen-bond donors (Lipinski definition) is 0. The Hall–Kier alpha value is 0.310. The molecule has 2 atom stereocenters. The van der Waals surface area contributed by atoms with Crippen molar-refractivity contribution in [2.24, 2.45) is 0 Å². The van der Waals surface area contributed by atoms with Crippen LogP contribution in [0.25, 0.3) is 0 Å². The van der Waals surface area contributed by atoms with Crippen molar-refractivity contribution in [1.82, 2.24) is 0 Å². The summed E-state index contributed by atoms with van der Waals surface area (Å²) in [5, 5.41) is 0. The van der Waals surface area contributed by atoms with E-state index in [0.29, 0.717) is 12.2 Å². The fourth-order valence-electron chi connectivity index (χ4n) is 4.35. The minimum Gasteiger partial charge on any atom is -0.373 e.